The zero-order valence-corrected chi connectivity index (χ0v) is 12.7. The zero-order valence-electron chi connectivity index (χ0n) is 12.7. The van der Waals surface area contributed by atoms with E-state index in [1.165, 1.54) is 12.5 Å². The maximum Gasteiger partial charge on any atom is 0.131 e. The van der Waals surface area contributed by atoms with Gasteiger partial charge in [-0.3, -0.25) is 0 Å². The van der Waals surface area contributed by atoms with E-state index in [2.05, 4.69) is 20.7 Å². The molecule has 1 saturated carbocycles. The third kappa shape index (κ3) is 1.83. The molecule has 2 atom stereocenters. The largest absolute Gasteiger partial charge is 0.370 e. The van der Waals surface area contributed by atoms with Crippen LogP contribution < -0.4 is 5.32 Å². The highest BCUT2D eigenvalue weighted by Crippen LogP contribution is 2.52. The number of benzene rings is 1. The number of halogens is 1. The molecular formula is C16H21FN4O. The topological polar surface area (TPSA) is 62.8 Å². The number of aromatic amines is 1. The summed E-state index contributed by atoms with van der Waals surface area (Å²) in [7, 11) is 0. The highest BCUT2D eigenvalue weighted by atomic mass is 19.1. The lowest BCUT2D eigenvalue weighted by molar-refractivity contribution is -0.162. The number of nitrogens with zero attached hydrogens (tertiary/aromatic N) is 2. The van der Waals surface area contributed by atoms with Crippen LogP contribution in [-0.4, -0.2) is 35.1 Å². The first-order valence-corrected chi connectivity index (χ1v) is 8.11. The molecule has 2 bridgehead atoms. The first-order valence-electron chi connectivity index (χ1n) is 8.11. The molecule has 6 heteroatoms. The number of hydrogen-bond acceptors (Lipinski definition) is 4. The van der Waals surface area contributed by atoms with Crippen molar-refractivity contribution in [2.45, 2.75) is 31.8 Å². The van der Waals surface area contributed by atoms with Crippen molar-refractivity contribution in [1.82, 2.24) is 20.7 Å². The van der Waals surface area contributed by atoms with Crippen LogP contribution in [0.2, 0.25) is 0 Å². The fraction of sp³-hybridized carbons (Fsp3) is 0.625. The summed E-state index contributed by atoms with van der Waals surface area (Å²) >= 11 is 0. The zero-order chi connectivity index (χ0) is 15.2. The Morgan fingerprint density at radius 1 is 1.27 bits per heavy atom. The third-order valence-electron chi connectivity index (χ3n) is 5.31. The molecule has 2 aliphatic rings. The summed E-state index contributed by atoms with van der Waals surface area (Å²) in [5, 5.41) is 14.5. The van der Waals surface area contributed by atoms with Crippen LogP contribution in [0.4, 0.5) is 4.39 Å². The molecule has 2 aromatic rings. The lowest BCUT2D eigenvalue weighted by Crippen LogP contribution is -2.58. The second kappa shape index (κ2) is 5.28. The van der Waals surface area contributed by atoms with E-state index in [1.54, 1.807) is 6.07 Å². The molecule has 1 aromatic heterocycles. The summed E-state index contributed by atoms with van der Waals surface area (Å²) in [5.74, 6) is 0.321. The molecule has 118 valence electrons. The smallest absolute Gasteiger partial charge is 0.131 e. The van der Waals surface area contributed by atoms with Crippen molar-refractivity contribution in [1.29, 1.82) is 0 Å². The Morgan fingerprint density at radius 3 is 2.77 bits per heavy atom. The molecule has 1 saturated heterocycles. The van der Waals surface area contributed by atoms with E-state index in [9.17, 15) is 4.39 Å². The van der Waals surface area contributed by atoms with Gasteiger partial charge in [-0.15, -0.1) is 0 Å². The molecule has 4 rings (SSSR count). The average Bonchev–Trinajstić information content (AvgIpc) is 2.95. The fourth-order valence-corrected chi connectivity index (χ4v) is 4.53. The van der Waals surface area contributed by atoms with Crippen molar-refractivity contribution in [3.05, 3.63) is 23.5 Å². The molecule has 0 spiro atoms. The van der Waals surface area contributed by atoms with Crippen LogP contribution in [-0.2, 0) is 10.3 Å². The standard InChI is InChI=1S/C16H21FN4O/c1-2-22-16(10-4-3-5-11(16)9-18-8-10)14-12(17)6-7-13-15(14)20-21-19-13/h6-7,10-11,18H,2-5,8-9H2,1H3,(H,19,20,21). The van der Waals surface area contributed by atoms with E-state index in [0.29, 0.717) is 23.2 Å². The van der Waals surface area contributed by atoms with Gasteiger partial charge in [-0.1, -0.05) is 6.42 Å². The predicted octanol–water partition coefficient (Wildman–Crippen LogP) is 2.35. The Labute approximate surface area is 128 Å². The van der Waals surface area contributed by atoms with Gasteiger partial charge in [-0.05, 0) is 31.9 Å². The molecule has 1 aromatic carbocycles. The molecule has 1 aliphatic heterocycles. The summed E-state index contributed by atoms with van der Waals surface area (Å²) in [6.07, 6.45) is 3.29. The van der Waals surface area contributed by atoms with Gasteiger partial charge >= 0.3 is 0 Å². The summed E-state index contributed by atoms with van der Waals surface area (Å²) in [6.45, 7) is 4.29. The second-order valence-electron chi connectivity index (χ2n) is 6.32. The first-order chi connectivity index (χ1) is 10.8. The number of rotatable bonds is 3. The summed E-state index contributed by atoms with van der Waals surface area (Å²) in [5.41, 5.74) is 1.34. The van der Waals surface area contributed by atoms with E-state index in [-0.39, 0.29) is 17.7 Å². The van der Waals surface area contributed by atoms with Gasteiger partial charge in [0.2, 0.25) is 0 Å². The van der Waals surface area contributed by atoms with Gasteiger partial charge in [0, 0.05) is 31.5 Å². The van der Waals surface area contributed by atoms with Gasteiger partial charge < -0.3 is 10.1 Å². The van der Waals surface area contributed by atoms with Crippen LogP contribution in [0.5, 0.6) is 0 Å². The molecule has 2 fully saturated rings. The van der Waals surface area contributed by atoms with Crippen molar-refractivity contribution in [2.24, 2.45) is 11.8 Å². The normalized spacial score (nSPS) is 31.5. The van der Waals surface area contributed by atoms with E-state index in [1.807, 2.05) is 6.92 Å². The fourth-order valence-electron chi connectivity index (χ4n) is 4.53. The minimum absolute atomic E-state index is 0.228. The van der Waals surface area contributed by atoms with Crippen molar-refractivity contribution < 1.29 is 9.13 Å². The van der Waals surface area contributed by atoms with E-state index in [0.717, 1.165) is 25.9 Å². The Bertz CT molecular complexity index is 664. The third-order valence-corrected chi connectivity index (χ3v) is 5.31. The van der Waals surface area contributed by atoms with Crippen molar-refractivity contribution >= 4 is 11.0 Å². The monoisotopic (exact) mass is 304 g/mol. The van der Waals surface area contributed by atoms with Crippen LogP contribution in [0.15, 0.2) is 12.1 Å². The molecule has 0 radical (unpaired) electrons. The van der Waals surface area contributed by atoms with Crippen LogP contribution in [0.3, 0.4) is 0 Å². The van der Waals surface area contributed by atoms with Crippen molar-refractivity contribution in [3.63, 3.8) is 0 Å². The van der Waals surface area contributed by atoms with E-state index < -0.39 is 5.60 Å². The maximum atomic E-state index is 14.9. The number of H-pyrrole nitrogens is 1. The van der Waals surface area contributed by atoms with Gasteiger partial charge in [-0.25, -0.2) is 4.39 Å². The maximum absolute atomic E-state index is 14.9. The summed E-state index contributed by atoms with van der Waals surface area (Å²) < 4.78 is 21.2. The Hall–Kier alpha value is -1.53. The number of aromatic nitrogens is 3. The van der Waals surface area contributed by atoms with Gasteiger partial charge in [-0.2, -0.15) is 15.4 Å². The van der Waals surface area contributed by atoms with Gasteiger partial charge in [0.15, 0.2) is 0 Å². The second-order valence-corrected chi connectivity index (χ2v) is 6.32. The number of piperidine rings is 1. The summed E-state index contributed by atoms with van der Waals surface area (Å²) in [4.78, 5) is 0. The Kier molecular flexibility index (Phi) is 3.38. The summed E-state index contributed by atoms with van der Waals surface area (Å²) in [6, 6.07) is 3.17. The lowest BCUT2D eigenvalue weighted by Gasteiger charge is -2.53. The molecule has 22 heavy (non-hydrogen) atoms. The van der Waals surface area contributed by atoms with Crippen LogP contribution in [0.25, 0.3) is 11.0 Å². The number of hydrogen-bond donors (Lipinski definition) is 2. The van der Waals surface area contributed by atoms with Gasteiger partial charge in [0.05, 0.1) is 5.56 Å². The van der Waals surface area contributed by atoms with Gasteiger partial charge in [0.1, 0.15) is 22.5 Å². The molecule has 2 unspecified atom stereocenters. The molecule has 2 heterocycles. The molecule has 2 N–H and O–H groups in total. The quantitative estimate of drug-likeness (QED) is 0.913. The number of fused-ring (bicyclic) bond motifs is 3. The molecular weight excluding hydrogens is 283 g/mol. The first kappa shape index (κ1) is 14.1. The SMILES string of the molecule is CCOC1(c2c(F)ccc3n[nH]nc23)C2CCCC1CNC2. The van der Waals surface area contributed by atoms with Crippen molar-refractivity contribution in [3.8, 4) is 0 Å². The number of nitrogens with one attached hydrogen (secondary N) is 2. The Balaban J connectivity index is 1.98. The highest BCUT2D eigenvalue weighted by molar-refractivity contribution is 5.79. The Morgan fingerprint density at radius 2 is 2.05 bits per heavy atom. The van der Waals surface area contributed by atoms with Crippen LogP contribution >= 0.6 is 0 Å². The minimum Gasteiger partial charge on any atom is -0.370 e. The lowest BCUT2D eigenvalue weighted by atomic mass is 9.62. The average molecular weight is 304 g/mol. The van der Waals surface area contributed by atoms with Crippen molar-refractivity contribution in [2.75, 3.05) is 19.7 Å². The number of ether oxygens (including phenoxy) is 1. The molecule has 5 nitrogen and oxygen atoms in total. The minimum atomic E-state index is -0.585. The predicted molar refractivity (Wildman–Crippen MR) is 80.9 cm³/mol. The van der Waals surface area contributed by atoms with E-state index in [4.69, 9.17) is 4.74 Å². The molecule has 1 aliphatic carbocycles. The van der Waals surface area contributed by atoms with Gasteiger partial charge in [0.25, 0.3) is 0 Å². The molecule has 0 amide bonds. The highest BCUT2D eigenvalue weighted by Gasteiger charge is 2.54. The van der Waals surface area contributed by atoms with Crippen LogP contribution in [0, 0.1) is 17.7 Å². The van der Waals surface area contributed by atoms with Crippen LogP contribution in [0.1, 0.15) is 31.7 Å². The van der Waals surface area contributed by atoms with E-state index >= 15 is 0 Å².